The van der Waals surface area contributed by atoms with E-state index in [1.54, 1.807) is 18.0 Å². The van der Waals surface area contributed by atoms with Gasteiger partial charge in [0.15, 0.2) is 0 Å². The quantitative estimate of drug-likeness (QED) is 0.738. The Bertz CT molecular complexity index is 956. The largest absolute Gasteiger partial charge is 0.330 e. The zero-order valence-corrected chi connectivity index (χ0v) is 17.9. The summed E-state index contributed by atoms with van der Waals surface area (Å²) in [7, 11) is 1.63. The summed E-state index contributed by atoms with van der Waals surface area (Å²) in [6.07, 6.45) is 2.57. The van der Waals surface area contributed by atoms with Crippen LogP contribution in [0.25, 0.3) is 0 Å². The van der Waals surface area contributed by atoms with Gasteiger partial charge < -0.3 is 15.1 Å². The lowest BCUT2D eigenvalue weighted by Gasteiger charge is -2.41. The fraction of sp³-hybridized carbons (Fsp3) is 0.545. The minimum atomic E-state index is -0.886. The molecule has 1 aromatic carbocycles. The summed E-state index contributed by atoms with van der Waals surface area (Å²) in [6.45, 7) is 5.83. The lowest BCUT2D eigenvalue weighted by Crippen LogP contribution is -2.52. The first-order chi connectivity index (χ1) is 14.0. The minimum Gasteiger partial charge on any atom is -0.330 e. The van der Waals surface area contributed by atoms with Gasteiger partial charge in [-0.3, -0.25) is 19.7 Å². The summed E-state index contributed by atoms with van der Waals surface area (Å²) in [5, 5.41) is 5.27. The second-order valence-corrected chi connectivity index (χ2v) is 9.44. The number of rotatable bonds is 3. The Labute approximate surface area is 176 Å². The van der Waals surface area contributed by atoms with Crippen LogP contribution in [0.1, 0.15) is 44.7 Å². The number of nitrogens with one attached hydrogen (secondary N) is 2. The fourth-order valence-electron chi connectivity index (χ4n) is 4.78. The van der Waals surface area contributed by atoms with Crippen molar-refractivity contribution in [3.8, 4) is 0 Å². The minimum absolute atomic E-state index is 0.00671. The zero-order chi connectivity index (χ0) is 21.8. The number of likely N-dealkylation sites (N-methyl/N-ethyl adjacent to an activating group) is 1. The van der Waals surface area contributed by atoms with E-state index in [1.807, 2.05) is 32.9 Å². The molecule has 2 N–H and O–H groups in total. The molecule has 0 saturated carbocycles. The van der Waals surface area contributed by atoms with Crippen molar-refractivity contribution in [3.05, 3.63) is 29.3 Å². The van der Waals surface area contributed by atoms with E-state index in [0.717, 1.165) is 24.0 Å². The average Bonchev–Trinajstić information content (AvgIpc) is 3.16. The molecular formula is C22H28N4O4. The highest BCUT2D eigenvalue weighted by Gasteiger charge is 2.54. The maximum atomic E-state index is 12.7. The second kappa shape index (κ2) is 6.82. The van der Waals surface area contributed by atoms with Crippen molar-refractivity contribution in [1.82, 2.24) is 15.1 Å². The molecule has 1 aromatic rings. The second-order valence-electron chi connectivity index (χ2n) is 9.44. The first kappa shape index (κ1) is 20.4. The van der Waals surface area contributed by atoms with Crippen molar-refractivity contribution in [2.24, 2.45) is 5.41 Å². The number of amides is 5. The number of benzene rings is 1. The molecule has 2 atom stereocenters. The molecule has 5 amide bonds. The third-order valence-corrected chi connectivity index (χ3v) is 6.92. The van der Waals surface area contributed by atoms with Crippen molar-refractivity contribution in [3.63, 3.8) is 0 Å². The van der Waals surface area contributed by atoms with E-state index >= 15 is 0 Å². The van der Waals surface area contributed by atoms with E-state index in [1.165, 1.54) is 4.90 Å². The summed E-state index contributed by atoms with van der Waals surface area (Å²) in [5.74, 6) is -0.518. The first-order valence-corrected chi connectivity index (χ1v) is 10.4. The summed E-state index contributed by atoms with van der Waals surface area (Å²) in [4.78, 5) is 52.8. The van der Waals surface area contributed by atoms with Crippen LogP contribution >= 0.6 is 0 Å². The fourth-order valence-corrected chi connectivity index (χ4v) is 4.78. The lowest BCUT2D eigenvalue weighted by atomic mass is 9.80. The predicted molar refractivity (Wildman–Crippen MR) is 111 cm³/mol. The van der Waals surface area contributed by atoms with Gasteiger partial charge in [-0.1, -0.05) is 19.9 Å². The van der Waals surface area contributed by atoms with Crippen LogP contribution in [-0.2, 0) is 27.2 Å². The number of nitrogens with zero attached hydrogens (tertiary/aromatic N) is 2. The van der Waals surface area contributed by atoms with Crippen LogP contribution in [0.15, 0.2) is 18.2 Å². The number of anilines is 1. The zero-order valence-electron chi connectivity index (χ0n) is 17.9. The standard InChI is InChI=1S/C22H28N4O4/c1-13-7-8-21(2,3)19(29)26(13)12-17(27)23-16-6-5-14-10-22(11-15(14)9-16)18(28)24-20(30)25(22)4/h5-6,9,13H,7-8,10-12H2,1-4H3,(H,23,27)(H,24,28,30). The number of imide groups is 1. The highest BCUT2D eigenvalue weighted by atomic mass is 16.2. The van der Waals surface area contributed by atoms with E-state index in [-0.39, 0.29) is 36.3 Å². The molecule has 8 nitrogen and oxygen atoms in total. The Hall–Kier alpha value is -2.90. The Morgan fingerprint density at radius 1 is 1.20 bits per heavy atom. The van der Waals surface area contributed by atoms with Crippen molar-refractivity contribution in [1.29, 1.82) is 0 Å². The molecule has 4 rings (SSSR count). The molecule has 30 heavy (non-hydrogen) atoms. The van der Waals surface area contributed by atoms with Crippen LogP contribution < -0.4 is 10.6 Å². The molecule has 2 fully saturated rings. The van der Waals surface area contributed by atoms with Gasteiger partial charge in [0.25, 0.3) is 5.91 Å². The molecule has 2 saturated heterocycles. The third-order valence-electron chi connectivity index (χ3n) is 6.92. The van der Waals surface area contributed by atoms with Gasteiger partial charge in [-0.25, -0.2) is 4.79 Å². The van der Waals surface area contributed by atoms with Gasteiger partial charge >= 0.3 is 6.03 Å². The topological polar surface area (TPSA) is 98.8 Å². The molecule has 0 bridgehead atoms. The molecule has 0 aromatic heterocycles. The predicted octanol–water partition coefficient (Wildman–Crippen LogP) is 1.68. The number of carbonyl (C=O) groups excluding carboxylic acids is 4. The van der Waals surface area contributed by atoms with Crippen LogP contribution in [0.5, 0.6) is 0 Å². The first-order valence-electron chi connectivity index (χ1n) is 10.4. The van der Waals surface area contributed by atoms with Gasteiger partial charge in [-0.2, -0.15) is 0 Å². The Kier molecular flexibility index (Phi) is 4.63. The number of hydrogen-bond donors (Lipinski definition) is 2. The molecule has 1 aliphatic carbocycles. The smallest absolute Gasteiger partial charge is 0.324 e. The van der Waals surface area contributed by atoms with Crippen LogP contribution in [0.3, 0.4) is 0 Å². The Morgan fingerprint density at radius 3 is 2.57 bits per heavy atom. The van der Waals surface area contributed by atoms with Gasteiger partial charge in [0.05, 0.1) is 0 Å². The molecule has 8 heteroatoms. The summed E-state index contributed by atoms with van der Waals surface area (Å²) in [5.41, 5.74) is 1.22. The Balaban J connectivity index is 1.46. The number of piperidine rings is 1. The number of hydrogen-bond acceptors (Lipinski definition) is 4. The molecule has 1 spiro atoms. The maximum absolute atomic E-state index is 12.7. The third kappa shape index (κ3) is 3.14. The van der Waals surface area contributed by atoms with Crippen LogP contribution in [0, 0.1) is 5.41 Å². The maximum Gasteiger partial charge on any atom is 0.324 e. The number of likely N-dealkylation sites (tertiary alicyclic amines) is 1. The van der Waals surface area contributed by atoms with Crippen LogP contribution in [-0.4, -0.2) is 58.7 Å². The molecular weight excluding hydrogens is 384 g/mol. The van der Waals surface area contributed by atoms with Crippen molar-refractivity contribution < 1.29 is 19.2 Å². The number of urea groups is 1. The van der Waals surface area contributed by atoms with Gasteiger partial charge in [0, 0.05) is 37.0 Å². The lowest BCUT2D eigenvalue weighted by molar-refractivity contribution is -0.149. The highest BCUT2D eigenvalue weighted by molar-refractivity contribution is 6.07. The molecule has 160 valence electrons. The molecule has 2 aliphatic heterocycles. The van der Waals surface area contributed by atoms with E-state index in [4.69, 9.17) is 0 Å². The van der Waals surface area contributed by atoms with E-state index in [2.05, 4.69) is 10.6 Å². The van der Waals surface area contributed by atoms with E-state index in [0.29, 0.717) is 18.5 Å². The van der Waals surface area contributed by atoms with Gasteiger partial charge in [-0.15, -0.1) is 0 Å². The van der Waals surface area contributed by atoms with Crippen LogP contribution in [0.4, 0.5) is 10.5 Å². The van der Waals surface area contributed by atoms with Gasteiger partial charge in [0.2, 0.25) is 11.8 Å². The summed E-state index contributed by atoms with van der Waals surface area (Å²) >= 11 is 0. The number of fused-ring (bicyclic) bond motifs is 1. The number of carbonyl (C=O) groups is 4. The normalized spacial score (nSPS) is 27.5. The van der Waals surface area contributed by atoms with E-state index in [9.17, 15) is 19.2 Å². The van der Waals surface area contributed by atoms with Crippen LogP contribution in [0.2, 0.25) is 0 Å². The monoisotopic (exact) mass is 412 g/mol. The van der Waals surface area contributed by atoms with Crippen molar-refractivity contribution in [2.75, 3.05) is 18.9 Å². The molecule has 2 heterocycles. The van der Waals surface area contributed by atoms with Gasteiger partial charge in [-0.05, 0) is 43.0 Å². The van der Waals surface area contributed by atoms with Crippen molar-refractivity contribution in [2.45, 2.75) is 58.0 Å². The highest BCUT2D eigenvalue weighted by Crippen LogP contribution is 2.38. The Morgan fingerprint density at radius 2 is 1.90 bits per heavy atom. The summed E-state index contributed by atoms with van der Waals surface area (Å²) < 4.78 is 0. The molecule has 0 radical (unpaired) electrons. The SMILES string of the molecule is CC1CCC(C)(C)C(=O)N1CC(=O)Nc1ccc2c(c1)CC1(C2)C(=O)NC(=O)N1C. The van der Waals surface area contributed by atoms with Gasteiger partial charge in [0.1, 0.15) is 12.1 Å². The average molecular weight is 412 g/mol. The molecule has 3 aliphatic rings. The summed E-state index contributed by atoms with van der Waals surface area (Å²) in [6, 6.07) is 5.20. The molecule has 2 unspecified atom stereocenters. The van der Waals surface area contributed by atoms with E-state index < -0.39 is 11.0 Å². The van der Waals surface area contributed by atoms with Crippen molar-refractivity contribution >= 4 is 29.4 Å².